The predicted molar refractivity (Wildman–Crippen MR) is 214 cm³/mol. The zero-order chi connectivity index (χ0) is 34.1. The average Bonchev–Trinajstić information content (AvgIpc) is 3.17. The van der Waals surface area contributed by atoms with Crippen LogP contribution >= 0.6 is 0 Å². The highest BCUT2D eigenvalue weighted by Gasteiger charge is 2.14. The van der Waals surface area contributed by atoms with E-state index >= 15 is 0 Å². The van der Waals surface area contributed by atoms with E-state index in [4.69, 9.17) is 5.10 Å². The van der Waals surface area contributed by atoms with Gasteiger partial charge in [0.1, 0.15) is 0 Å². The van der Waals surface area contributed by atoms with Crippen LogP contribution in [-0.4, -0.2) is 6.21 Å². The minimum atomic E-state index is 0.570. The predicted octanol–water partition coefficient (Wildman–Crippen LogP) is 12.7. The van der Waals surface area contributed by atoms with Crippen LogP contribution in [0.25, 0.3) is 11.6 Å². The van der Waals surface area contributed by atoms with Gasteiger partial charge in [0.15, 0.2) is 0 Å². The number of para-hydroxylation sites is 3. The molecule has 0 radical (unpaired) electrons. The first kappa shape index (κ1) is 32.4. The zero-order valence-corrected chi connectivity index (χ0v) is 28.6. The van der Waals surface area contributed by atoms with Gasteiger partial charge in [0, 0.05) is 17.1 Å². The maximum Gasteiger partial charge on any atom is 0.0652 e. The third-order valence-corrected chi connectivity index (χ3v) is 8.94. The topological polar surface area (TPSA) is 18.8 Å². The summed E-state index contributed by atoms with van der Waals surface area (Å²) in [6.45, 7) is 4.40. The van der Waals surface area contributed by atoms with Crippen molar-refractivity contribution in [1.82, 2.24) is 0 Å². The van der Waals surface area contributed by atoms with Crippen molar-refractivity contribution in [2.45, 2.75) is 20.3 Å². The molecule has 1 atom stereocenters. The van der Waals surface area contributed by atoms with Crippen molar-refractivity contribution in [3.05, 3.63) is 210 Å². The lowest BCUT2D eigenvalue weighted by Gasteiger charge is -2.25. The molecular weight excluding hydrogens is 607 g/mol. The minimum Gasteiger partial charge on any atom is -0.311 e. The van der Waals surface area contributed by atoms with Gasteiger partial charge < -0.3 is 4.90 Å². The summed E-state index contributed by atoms with van der Waals surface area (Å²) in [5, 5.41) is 6.87. The van der Waals surface area contributed by atoms with Crippen molar-refractivity contribution < 1.29 is 0 Å². The highest BCUT2D eigenvalue weighted by molar-refractivity contribution is 5.93. The SMILES string of the molecule is Cc1ccc(C(=Cc2ccc(N(c3ccccc3)c3ccc(C=NN(c4ccccc4)c4ccccc4)cc3)cc2)C2=CCC(C)C=C2)cc1. The molecule has 244 valence electrons. The quantitative estimate of drug-likeness (QED) is 0.0837. The van der Waals surface area contributed by atoms with Crippen LogP contribution in [0.2, 0.25) is 0 Å². The number of benzene rings is 6. The van der Waals surface area contributed by atoms with Gasteiger partial charge in [-0.3, -0.25) is 0 Å². The molecule has 1 aliphatic rings. The van der Waals surface area contributed by atoms with Crippen LogP contribution in [0.1, 0.15) is 35.6 Å². The van der Waals surface area contributed by atoms with Gasteiger partial charge >= 0.3 is 0 Å². The second-order valence-electron chi connectivity index (χ2n) is 12.7. The van der Waals surface area contributed by atoms with Crippen LogP contribution in [-0.2, 0) is 0 Å². The van der Waals surface area contributed by atoms with Crippen molar-refractivity contribution in [3.8, 4) is 0 Å². The Morgan fingerprint density at radius 1 is 0.580 bits per heavy atom. The van der Waals surface area contributed by atoms with Crippen LogP contribution in [0.4, 0.5) is 28.4 Å². The summed E-state index contributed by atoms with van der Waals surface area (Å²) in [7, 11) is 0. The average molecular weight is 648 g/mol. The van der Waals surface area contributed by atoms with Crippen LogP contribution < -0.4 is 9.91 Å². The third-order valence-electron chi connectivity index (χ3n) is 8.94. The van der Waals surface area contributed by atoms with Gasteiger partial charge in [-0.25, -0.2) is 5.01 Å². The molecule has 0 amide bonds. The normalized spacial score (nSPS) is 14.4. The van der Waals surface area contributed by atoms with Crippen molar-refractivity contribution in [2.24, 2.45) is 11.0 Å². The van der Waals surface area contributed by atoms with E-state index in [9.17, 15) is 0 Å². The molecule has 6 aromatic rings. The Kier molecular flexibility index (Phi) is 9.94. The summed E-state index contributed by atoms with van der Waals surface area (Å²) in [6, 6.07) is 57.3. The largest absolute Gasteiger partial charge is 0.311 e. The lowest BCUT2D eigenvalue weighted by Crippen LogP contribution is -2.10. The van der Waals surface area contributed by atoms with Gasteiger partial charge in [0.05, 0.1) is 17.6 Å². The van der Waals surface area contributed by atoms with E-state index in [1.807, 2.05) is 47.6 Å². The summed E-state index contributed by atoms with van der Waals surface area (Å²) in [5.41, 5.74) is 12.5. The number of hydrogen-bond donors (Lipinski definition) is 0. The third kappa shape index (κ3) is 7.75. The molecule has 0 aromatic heterocycles. The minimum absolute atomic E-state index is 0.570. The Balaban J connectivity index is 1.18. The molecular formula is C47H41N3. The Labute approximate surface area is 296 Å². The van der Waals surface area contributed by atoms with Crippen molar-refractivity contribution in [1.29, 1.82) is 0 Å². The molecule has 1 aliphatic carbocycles. The van der Waals surface area contributed by atoms with E-state index in [2.05, 4.69) is 170 Å². The van der Waals surface area contributed by atoms with Crippen molar-refractivity contribution in [2.75, 3.05) is 9.91 Å². The van der Waals surface area contributed by atoms with Gasteiger partial charge in [0.25, 0.3) is 0 Å². The lowest BCUT2D eigenvalue weighted by molar-refractivity contribution is 0.734. The fraction of sp³-hybridized carbons (Fsp3) is 0.0851. The van der Waals surface area contributed by atoms with Gasteiger partial charge in [-0.15, -0.1) is 0 Å². The molecule has 0 saturated heterocycles. The summed E-state index contributed by atoms with van der Waals surface area (Å²) < 4.78 is 0. The fourth-order valence-electron chi connectivity index (χ4n) is 6.16. The van der Waals surface area contributed by atoms with E-state index in [0.717, 1.165) is 40.4 Å². The highest BCUT2D eigenvalue weighted by atomic mass is 15.5. The van der Waals surface area contributed by atoms with E-state index in [0.29, 0.717) is 5.92 Å². The van der Waals surface area contributed by atoms with Crippen LogP contribution in [0.15, 0.2) is 193 Å². The standard InChI is InChI=1S/C47H41N3/c1-36-18-26-40(27-19-36)47(41-28-20-37(2)21-29-41)34-38-22-30-43(31-23-38)49(42-12-6-3-7-13-42)44-32-24-39(25-33-44)35-48-50(45-14-8-4-9-15-45)46-16-10-5-11-17-46/h3-20,22-35,37H,21H2,1-2H3. The van der Waals surface area contributed by atoms with E-state index in [1.54, 1.807) is 0 Å². The first-order valence-electron chi connectivity index (χ1n) is 17.3. The molecule has 6 aromatic carbocycles. The van der Waals surface area contributed by atoms with Crippen LogP contribution in [0, 0.1) is 12.8 Å². The van der Waals surface area contributed by atoms with Gasteiger partial charge in [-0.05, 0) is 114 Å². The summed E-state index contributed by atoms with van der Waals surface area (Å²) in [6.07, 6.45) is 12.3. The van der Waals surface area contributed by atoms with E-state index in [-0.39, 0.29) is 0 Å². The Hall–Kier alpha value is -6.19. The summed E-state index contributed by atoms with van der Waals surface area (Å²) in [5.74, 6) is 0.570. The summed E-state index contributed by atoms with van der Waals surface area (Å²) >= 11 is 0. The molecule has 0 heterocycles. The molecule has 0 aliphatic heterocycles. The molecule has 0 N–H and O–H groups in total. The van der Waals surface area contributed by atoms with Gasteiger partial charge in [-0.1, -0.05) is 134 Å². The fourth-order valence-corrected chi connectivity index (χ4v) is 6.16. The second-order valence-corrected chi connectivity index (χ2v) is 12.7. The Morgan fingerprint density at radius 3 is 1.60 bits per heavy atom. The number of allylic oxidation sites excluding steroid dienone is 5. The van der Waals surface area contributed by atoms with Crippen LogP contribution in [0.3, 0.4) is 0 Å². The van der Waals surface area contributed by atoms with Gasteiger partial charge in [-0.2, -0.15) is 5.10 Å². The first-order chi connectivity index (χ1) is 24.6. The molecule has 7 rings (SSSR count). The Morgan fingerprint density at radius 2 is 1.08 bits per heavy atom. The monoisotopic (exact) mass is 647 g/mol. The first-order valence-corrected chi connectivity index (χ1v) is 17.3. The van der Waals surface area contributed by atoms with Gasteiger partial charge in [0.2, 0.25) is 0 Å². The van der Waals surface area contributed by atoms with Crippen LogP contribution in [0.5, 0.6) is 0 Å². The molecule has 0 bridgehead atoms. The second kappa shape index (κ2) is 15.4. The van der Waals surface area contributed by atoms with E-state index < -0.39 is 0 Å². The molecule has 0 fully saturated rings. The summed E-state index contributed by atoms with van der Waals surface area (Å²) in [4.78, 5) is 2.29. The highest BCUT2D eigenvalue weighted by Crippen LogP contribution is 2.36. The van der Waals surface area contributed by atoms with Crippen molar-refractivity contribution in [3.63, 3.8) is 0 Å². The number of anilines is 5. The molecule has 50 heavy (non-hydrogen) atoms. The maximum atomic E-state index is 4.90. The van der Waals surface area contributed by atoms with E-state index in [1.165, 1.54) is 27.8 Å². The molecule has 0 saturated carbocycles. The number of nitrogens with zero attached hydrogens (tertiary/aromatic N) is 3. The lowest BCUT2D eigenvalue weighted by atomic mass is 9.89. The molecule has 3 heteroatoms. The number of hydrazone groups is 1. The Bertz CT molecular complexity index is 2070. The smallest absolute Gasteiger partial charge is 0.0652 e. The maximum absolute atomic E-state index is 4.90. The molecule has 1 unspecified atom stereocenters. The molecule has 0 spiro atoms. The molecule has 3 nitrogen and oxygen atoms in total. The number of rotatable bonds is 10. The van der Waals surface area contributed by atoms with Crippen molar-refractivity contribution >= 4 is 46.3 Å². The number of aryl methyl sites for hydroxylation is 1. The zero-order valence-electron chi connectivity index (χ0n) is 28.6. The number of hydrogen-bond acceptors (Lipinski definition) is 3.